The van der Waals surface area contributed by atoms with Gasteiger partial charge in [-0.15, -0.1) is 11.3 Å². The number of hydrogen-bond donors (Lipinski definition) is 3. The van der Waals surface area contributed by atoms with Crippen molar-refractivity contribution in [3.8, 4) is 0 Å². The number of amides is 1. The van der Waals surface area contributed by atoms with Crippen LogP contribution in [0.25, 0.3) is 0 Å². The minimum atomic E-state index is -1.27. The fourth-order valence-corrected chi connectivity index (χ4v) is 3.20. The molecule has 0 spiro atoms. The highest BCUT2D eigenvalue weighted by atomic mass is 32.1. The summed E-state index contributed by atoms with van der Waals surface area (Å²) < 4.78 is 0. The first-order chi connectivity index (χ1) is 8.49. The highest BCUT2D eigenvalue weighted by Crippen LogP contribution is 2.30. The Bertz CT molecular complexity index is 459. The molecule has 0 aromatic carbocycles. The van der Waals surface area contributed by atoms with Crippen LogP contribution in [0.1, 0.15) is 33.5 Å². The minimum absolute atomic E-state index is 0.428. The number of carboxylic acids is 1. The minimum Gasteiger partial charge on any atom is -0.480 e. The van der Waals surface area contributed by atoms with Crippen molar-refractivity contribution in [3.63, 3.8) is 0 Å². The van der Waals surface area contributed by atoms with Gasteiger partial charge in [-0.25, -0.2) is 4.79 Å². The first kappa shape index (κ1) is 13.0. The molecule has 0 fully saturated rings. The average Bonchev–Trinajstić information content (AvgIpc) is 2.84. The second-order valence-electron chi connectivity index (χ2n) is 4.44. The molecule has 0 unspecified atom stereocenters. The second-order valence-corrected chi connectivity index (χ2v) is 5.58. The normalized spacial score (nSPS) is 17.0. The van der Waals surface area contributed by atoms with E-state index in [0.717, 1.165) is 19.3 Å². The van der Waals surface area contributed by atoms with Crippen molar-refractivity contribution >= 4 is 23.2 Å². The summed E-state index contributed by atoms with van der Waals surface area (Å²) in [5.74, 6) is -1.66. The molecule has 1 aliphatic rings. The van der Waals surface area contributed by atoms with Crippen LogP contribution in [0.2, 0.25) is 0 Å². The molecule has 0 saturated heterocycles. The number of fused-ring (bicyclic) bond motifs is 1. The Labute approximate surface area is 108 Å². The molecule has 1 aromatic rings. The number of aliphatic hydroxyl groups is 1. The van der Waals surface area contributed by atoms with E-state index in [9.17, 15) is 14.7 Å². The van der Waals surface area contributed by atoms with E-state index in [-0.39, 0.29) is 0 Å². The van der Waals surface area contributed by atoms with Crippen molar-refractivity contribution in [2.45, 2.75) is 38.3 Å². The van der Waals surface area contributed by atoms with Crippen LogP contribution in [0.5, 0.6) is 0 Å². The van der Waals surface area contributed by atoms with Crippen LogP contribution in [0.3, 0.4) is 0 Å². The third-order valence-corrected chi connectivity index (χ3v) is 4.24. The van der Waals surface area contributed by atoms with E-state index in [2.05, 4.69) is 5.32 Å². The van der Waals surface area contributed by atoms with Crippen LogP contribution in [-0.2, 0) is 17.6 Å². The van der Waals surface area contributed by atoms with E-state index in [0.29, 0.717) is 4.88 Å². The summed E-state index contributed by atoms with van der Waals surface area (Å²) in [7, 11) is 0. The first-order valence-electron chi connectivity index (χ1n) is 5.82. The monoisotopic (exact) mass is 269 g/mol. The van der Waals surface area contributed by atoms with Gasteiger partial charge >= 0.3 is 5.97 Å². The van der Waals surface area contributed by atoms with E-state index in [1.807, 2.05) is 6.07 Å². The zero-order valence-electron chi connectivity index (χ0n) is 9.97. The number of carbonyl (C=O) groups excluding carboxylic acids is 1. The van der Waals surface area contributed by atoms with Crippen molar-refractivity contribution in [1.29, 1.82) is 0 Å². The molecule has 3 N–H and O–H groups in total. The van der Waals surface area contributed by atoms with Crippen LogP contribution in [0.15, 0.2) is 6.07 Å². The van der Waals surface area contributed by atoms with Crippen LogP contribution in [0.4, 0.5) is 0 Å². The summed E-state index contributed by atoms with van der Waals surface area (Å²) in [6, 6.07) is 0.554. The molecule has 2 atom stereocenters. The van der Waals surface area contributed by atoms with Gasteiger partial charge in [0.15, 0.2) is 6.04 Å². The van der Waals surface area contributed by atoms with E-state index in [4.69, 9.17) is 5.11 Å². The predicted octanol–water partition coefficient (Wildman–Crippen LogP) is 0.801. The average molecular weight is 269 g/mol. The molecule has 1 aromatic heterocycles. The molecule has 6 heteroatoms. The Morgan fingerprint density at radius 1 is 1.44 bits per heavy atom. The number of nitrogens with one attached hydrogen (secondary N) is 1. The van der Waals surface area contributed by atoms with Crippen molar-refractivity contribution in [2.75, 3.05) is 0 Å². The molecule has 5 nitrogen and oxygen atoms in total. The van der Waals surface area contributed by atoms with Crippen molar-refractivity contribution < 1.29 is 19.8 Å². The van der Waals surface area contributed by atoms with Gasteiger partial charge in [0.2, 0.25) is 0 Å². The van der Waals surface area contributed by atoms with E-state index in [1.165, 1.54) is 28.7 Å². The van der Waals surface area contributed by atoms with Gasteiger partial charge in [-0.2, -0.15) is 0 Å². The van der Waals surface area contributed by atoms with Crippen LogP contribution in [-0.4, -0.2) is 34.2 Å². The zero-order chi connectivity index (χ0) is 13.3. The second kappa shape index (κ2) is 5.07. The molecule has 1 aliphatic carbocycles. The standard InChI is InChI=1S/C12H15NO4S/c1-6(14)10(12(16)17)13-11(15)9-5-7-3-2-4-8(7)18-9/h5-6,10,14H,2-4H2,1H3,(H,13,15)(H,16,17)/t6-,10+/m1/s1. The molecule has 2 rings (SSSR count). The molecule has 0 bridgehead atoms. The van der Waals surface area contributed by atoms with Crippen LogP contribution >= 0.6 is 11.3 Å². The fraction of sp³-hybridized carbons (Fsp3) is 0.500. The van der Waals surface area contributed by atoms with Crippen molar-refractivity contribution in [3.05, 3.63) is 21.4 Å². The first-order valence-corrected chi connectivity index (χ1v) is 6.64. The van der Waals surface area contributed by atoms with Crippen molar-refractivity contribution in [2.24, 2.45) is 0 Å². The Hall–Kier alpha value is -1.40. The summed E-state index contributed by atoms with van der Waals surface area (Å²) in [5.41, 5.74) is 1.19. The van der Waals surface area contributed by atoms with Gasteiger partial charge in [-0.1, -0.05) is 0 Å². The van der Waals surface area contributed by atoms with E-state index >= 15 is 0 Å². The molecular weight excluding hydrogens is 254 g/mol. The summed E-state index contributed by atoms with van der Waals surface area (Å²) in [5, 5.41) is 20.5. The summed E-state index contributed by atoms with van der Waals surface area (Å²) in [6.45, 7) is 1.34. The lowest BCUT2D eigenvalue weighted by molar-refractivity contribution is -0.141. The Morgan fingerprint density at radius 2 is 2.17 bits per heavy atom. The van der Waals surface area contributed by atoms with E-state index < -0.39 is 24.0 Å². The smallest absolute Gasteiger partial charge is 0.328 e. The summed E-state index contributed by atoms with van der Waals surface area (Å²) in [6.07, 6.45) is 1.97. The fourth-order valence-electron chi connectivity index (χ4n) is 2.04. The molecule has 0 radical (unpaired) electrons. The Balaban J connectivity index is 2.09. The van der Waals surface area contributed by atoms with Gasteiger partial charge in [-0.05, 0) is 37.8 Å². The van der Waals surface area contributed by atoms with Gasteiger partial charge in [0.25, 0.3) is 5.91 Å². The lowest BCUT2D eigenvalue weighted by Gasteiger charge is -2.16. The number of hydrogen-bond acceptors (Lipinski definition) is 4. The predicted molar refractivity (Wildman–Crippen MR) is 66.9 cm³/mol. The highest BCUT2D eigenvalue weighted by molar-refractivity contribution is 7.14. The number of aryl methyl sites for hydroxylation is 2. The van der Waals surface area contributed by atoms with E-state index in [1.54, 1.807) is 0 Å². The number of carbonyl (C=O) groups is 2. The summed E-state index contributed by atoms with van der Waals surface area (Å²) in [4.78, 5) is 24.5. The number of aliphatic carboxylic acids is 1. The van der Waals surface area contributed by atoms with Crippen LogP contribution in [0, 0.1) is 0 Å². The summed E-state index contributed by atoms with van der Waals surface area (Å²) >= 11 is 1.41. The number of rotatable bonds is 4. The molecule has 1 heterocycles. The quantitative estimate of drug-likeness (QED) is 0.754. The van der Waals surface area contributed by atoms with Gasteiger partial charge in [-0.3, -0.25) is 4.79 Å². The SMILES string of the molecule is C[C@@H](O)[C@H](NC(=O)c1cc2c(s1)CCC2)C(=O)O. The van der Waals surface area contributed by atoms with Gasteiger partial charge in [0.1, 0.15) is 0 Å². The zero-order valence-corrected chi connectivity index (χ0v) is 10.8. The number of aliphatic hydroxyl groups excluding tert-OH is 1. The van der Waals surface area contributed by atoms with Gasteiger partial charge in [0, 0.05) is 4.88 Å². The number of thiophene rings is 1. The largest absolute Gasteiger partial charge is 0.480 e. The van der Waals surface area contributed by atoms with Crippen molar-refractivity contribution in [1.82, 2.24) is 5.32 Å². The Kier molecular flexibility index (Phi) is 3.68. The molecule has 18 heavy (non-hydrogen) atoms. The topological polar surface area (TPSA) is 86.6 Å². The maximum Gasteiger partial charge on any atom is 0.328 e. The maximum absolute atomic E-state index is 11.9. The molecule has 0 aliphatic heterocycles. The third kappa shape index (κ3) is 2.54. The maximum atomic E-state index is 11.9. The lowest BCUT2D eigenvalue weighted by atomic mass is 10.2. The van der Waals surface area contributed by atoms with Gasteiger partial charge in [0.05, 0.1) is 11.0 Å². The number of carboxylic acid groups (broad SMARTS) is 1. The highest BCUT2D eigenvalue weighted by Gasteiger charge is 2.27. The molecule has 1 amide bonds. The molecule has 0 saturated carbocycles. The lowest BCUT2D eigenvalue weighted by Crippen LogP contribution is -2.47. The Morgan fingerprint density at radius 3 is 2.72 bits per heavy atom. The van der Waals surface area contributed by atoms with Gasteiger partial charge < -0.3 is 15.5 Å². The van der Waals surface area contributed by atoms with Crippen LogP contribution < -0.4 is 5.32 Å². The third-order valence-electron chi connectivity index (χ3n) is 3.01. The molecule has 98 valence electrons. The molecular formula is C12H15NO4S.